The van der Waals surface area contributed by atoms with Gasteiger partial charge in [-0.3, -0.25) is 4.79 Å². The lowest BCUT2D eigenvalue weighted by Gasteiger charge is -2.17. The van der Waals surface area contributed by atoms with Crippen LogP contribution in [-0.2, 0) is 14.3 Å². The third kappa shape index (κ3) is 3.73. The van der Waals surface area contributed by atoms with E-state index in [0.29, 0.717) is 5.56 Å². The van der Waals surface area contributed by atoms with Crippen LogP contribution in [-0.4, -0.2) is 56.8 Å². The molecule has 0 aliphatic carbocycles. The van der Waals surface area contributed by atoms with Crippen molar-refractivity contribution < 1.29 is 39.5 Å². The number of carboxylic acids is 1. The third-order valence-electron chi connectivity index (χ3n) is 3.57. The van der Waals surface area contributed by atoms with Crippen LogP contribution in [0.2, 0.25) is 0 Å². The van der Waals surface area contributed by atoms with Crippen molar-refractivity contribution in [2.24, 2.45) is 0 Å². The number of phenols is 1. The Bertz CT molecular complexity index is 681. The average molecular weight is 338 g/mol. The molecule has 8 heteroatoms. The molecule has 4 N–H and O–H groups in total. The summed E-state index contributed by atoms with van der Waals surface area (Å²) < 4.78 is 10.5. The number of carbonyl (C=O) groups excluding carboxylic acids is 1. The number of ether oxygens (including phenoxy) is 2. The number of hydrogen-bond donors (Lipinski definition) is 4. The fraction of sp³-hybridized carbons (Fsp3) is 0.375. The number of carboxylic acid groups (broad SMARTS) is 1. The molecule has 1 aliphatic rings. The van der Waals surface area contributed by atoms with Gasteiger partial charge in [-0.1, -0.05) is 6.07 Å². The first kappa shape index (κ1) is 17.9. The Labute approximate surface area is 137 Å². The van der Waals surface area contributed by atoms with E-state index in [1.807, 2.05) is 0 Å². The highest BCUT2D eigenvalue weighted by Crippen LogP contribution is 2.32. The molecule has 1 fully saturated rings. The summed E-state index contributed by atoms with van der Waals surface area (Å²) in [5, 5.41) is 38.4. The molecule has 1 heterocycles. The molecule has 8 nitrogen and oxygen atoms in total. The van der Waals surface area contributed by atoms with E-state index in [9.17, 15) is 24.9 Å². The van der Waals surface area contributed by atoms with Crippen LogP contribution in [0.4, 0.5) is 0 Å². The van der Waals surface area contributed by atoms with Crippen molar-refractivity contribution in [2.75, 3.05) is 0 Å². The van der Waals surface area contributed by atoms with Crippen molar-refractivity contribution in [1.29, 1.82) is 0 Å². The van der Waals surface area contributed by atoms with Crippen LogP contribution in [0.3, 0.4) is 0 Å². The van der Waals surface area contributed by atoms with Gasteiger partial charge in [0.05, 0.1) is 0 Å². The maximum absolute atomic E-state index is 11.3. The molecule has 1 aromatic rings. The van der Waals surface area contributed by atoms with E-state index in [1.165, 1.54) is 38.1 Å². The molecule has 0 unspecified atom stereocenters. The fourth-order valence-electron chi connectivity index (χ4n) is 2.24. The van der Waals surface area contributed by atoms with Crippen LogP contribution in [0, 0.1) is 0 Å². The molecular formula is C16H18O8. The Morgan fingerprint density at radius 1 is 1.21 bits per heavy atom. The molecule has 1 aromatic carbocycles. The molecule has 1 aliphatic heterocycles. The number of Topliss-reactive ketones (excluding diaryl/α,β-unsaturated/α-hetero) is 1. The molecule has 0 spiro atoms. The van der Waals surface area contributed by atoms with Crippen molar-refractivity contribution in [1.82, 2.24) is 0 Å². The first-order valence-electron chi connectivity index (χ1n) is 7.14. The zero-order chi connectivity index (χ0) is 18.0. The highest BCUT2D eigenvalue weighted by molar-refractivity contribution is 5.91. The van der Waals surface area contributed by atoms with Gasteiger partial charge < -0.3 is 29.9 Å². The minimum atomic E-state index is -1.45. The minimum absolute atomic E-state index is 0.0411. The van der Waals surface area contributed by atoms with Gasteiger partial charge >= 0.3 is 5.97 Å². The summed E-state index contributed by atoms with van der Waals surface area (Å²) in [5.41, 5.74) is 0.527. The second-order valence-electron chi connectivity index (χ2n) is 5.49. The molecule has 0 aromatic heterocycles. The fourth-order valence-corrected chi connectivity index (χ4v) is 2.24. The van der Waals surface area contributed by atoms with Gasteiger partial charge in [-0.05, 0) is 37.6 Å². The maximum atomic E-state index is 11.3. The predicted octanol–water partition coefficient (Wildman–Crippen LogP) is 0.295. The van der Waals surface area contributed by atoms with Gasteiger partial charge in [0, 0.05) is 5.57 Å². The van der Waals surface area contributed by atoms with Gasteiger partial charge in [0.15, 0.2) is 17.3 Å². The largest absolute Gasteiger partial charge is 0.504 e. The van der Waals surface area contributed by atoms with Crippen molar-refractivity contribution in [3.8, 4) is 11.5 Å². The number of aliphatic carboxylic acids is 1. The Morgan fingerprint density at radius 3 is 2.38 bits per heavy atom. The normalized spacial score (nSPS) is 27.1. The summed E-state index contributed by atoms with van der Waals surface area (Å²) in [4.78, 5) is 22.1. The SMILES string of the molecule is CC(=O)[C@H]1O[C@@H](Oc2ccc(/C=C(\C)C(=O)O)cc2O)[C@@H](O)[C@@H]1O. The van der Waals surface area contributed by atoms with Crippen molar-refractivity contribution in [3.63, 3.8) is 0 Å². The smallest absolute Gasteiger partial charge is 0.331 e. The number of phenolic OH excluding ortho intramolecular Hbond substituents is 1. The van der Waals surface area contributed by atoms with Gasteiger partial charge in [0.25, 0.3) is 0 Å². The predicted molar refractivity (Wildman–Crippen MR) is 81.4 cm³/mol. The molecule has 2 rings (SSSR count). The number of aliphatic hydroxyl groups excluding tert-OH is 2. The van der Waals surface area contributed by atoms with Gasteiger partial charge in [0.1, 0.15) is 18.3 Å². The number of rotatable bonds is 5. The number of hydrogen-bond acceptors (Lipinski definition) is 7. The summed E-state index contributed by atoms with van der Waals surface area (Å²) in [6.07, 6.45) is -4.03. The lowest BCUT2D eigenvalue weighted by molar-refractivity contribution is -0.141. The van der Waals surface area contributed by atoms with E-state index in [4.69, 9.17) is 14.6 Å². The van der Waals surface area contributed by atoms with Gasteiger partial charge in [-0.15, -0.1) is 0 Å². The van der Waals surface area contributed by atoms with E-state index < -0.39 is 36.4 Å². The van der Waals surface area contributed by atoms with Crippen LogP contribution in [0.25, 0.3) is 6.08 Å². The summed E-state index contributed by atoms with van der Waals surface area (Å²) >= 11 is 0. The Kier molecular flexibility index (Phi) is 5.23. The highest BCUT2D eigenvalue weighted by atomic mass is 16.7. The molecule has 0 radical (unpaired) electrons. The number of aliphatic hydroxyl groups is 2. The number of carbonyl (C=O) groups is 2. The van der Waals surface area contributed by atoms with Crippen molar-refractivity contribution >= 4 is 17.8 Å². The Hall–Kier alpha value is -2.42. The second kappa shape index (κ2) is 7.00. The van der Waals surface area contributed by atoms with E-state index >= 15 is 0 Å². The maximum Gasteiger partial charge on any atom is 0.331 e. The van der Waals surface area contributed by atoms with Gasteiger partial charge in [0.2, 0.25) is 6.29 Å². The third-order valence-corrected chi connectivity index (χ3v) is 3.57. The van der Waals surface area contributed by atoms with Gasteiger partial charge in [-0.25, -0.2) is 4.79 Å². The number of ketones is 1. The standard InChI is InChI=1S/C16H18O8/c1-7(15(21)22)5-9-3-4-11(10(18)6-9)23-16-13(20)12(19)14(24-16)8(2)17/h3-6,12-14,16,18-20H,1-2H3,(H,21,22)/b7-5+/t12-,13-,14+,16+/m0/s1. The monoisotopic (exact) mass is 338 g/mol. The van der Waals surface area contributed by atoms with Crippen LogP contribution >= 0.6 is 0 Å². The molecule has 24 heavy (non-hydrogen) atoms. The van der Waals surface area contributed by atoms with E-state index in [0.717, 1.165) is 0 Å². The lowest BCUT2D eigenvalue weighted by atomic mass is 10.1. The minimum Gasteiger partial charge on any atom is -0.504 e. The Morgan fingerprint density at radius 2 is 1.88 bits per heavy atom. The highest BCUT2D eigenvalue weighted by Gasteiger charge is 2.46. The van der Waals surface area contributed by atoms with E-state index in [-0.39, 0.29) is 17.1 Å². The number of aromatic hydroxyl groups is 1. The summed E-state index contributed by atoms with van der Waals surface area (Å²) in [7, 11) is 0. The summed E-state index contributed by atoms with van der Waals surface area (Å²) in [5.74, 6) is -1.89. The van der Waals surface area contributed by atoms with Crippen molar-refractivity contribution in [2.45, 2.75) is 38.4 Å². The molecule has 4 atom stereocenters. The van der Waals surface area contributed by atoms with Crippen LogP contribution < -0.4 is 4.74 Å². The second-order valence-corrected chi connectivity index (χ2v) is 5.49. The summed E-state index contributed by atoms with van der Waals surface area (Å²) in [6.45, 7) is 2.63. The van der Waals surface area contributed by atoms with E-state index in [2.05, 4.69) is 0 Å². The molecule has 1 saturated heterocycles. The van der Waals surface area contributed by atoms with Crippen LogP contribution in [0.1, 0.15) is 19.4 Å². The topological polar surface area (TPSA) is 134 Å². The molecule has 0 bridgehead atoms. The number of benzene rings is 1. The zero-order valence-corrected chi connectivity index (χ0v) is 13.0. The molecule has 0 saturated carbocycles. The molecule has 130 valence electrons. The zero-order valence-electron chi connectivity index (χ0n) is 13.0. The quantitative estimate of drug-likeness (QED) is 0.563. The van der Waals surface area contributed by atoms with E-state index in [1.54, 1.807) is 0 Å². The van der Waals surface area contributed by atoms with Gasteiger partial charge in [-0.2, -0.15) is 0 Å². The van der Waals surface area contributed by atoms with Crippen LogP contribution in [0.15, 0.2) is 23.8 Å². The summed E-state index contributed by atoms with van der Waals surface area (Å²) in [6, 6.07) is 4.14. The Balaban J connectivity index is 2.15. The van der Waals surface area contributed by atoms with Crippen molar-refractivity contribution in [3.05, 3.63) is 29.3 Å². The lowest BCUT2D eigenvalue weighted by Crippen LogP contribution is -2.36. The first-order valence-corrected chi connectivity index (χ1v) is 7.14. The van der Waals surface area contributed by atoms with Crippen LogP contribution in [0.5, 0.6) is 11.5 Å². The molecular weight excluding hydrogens is 320 g/mol. The molecule has 0 amide bonds. The first-order chi connectivity index (χ1) is 11.2. The average Bonchev–Trinajstić information content (AvgIpc) is 2.78.